The summed E-state index contributed by atoms with van der Waals surface area (Å²) in [6.07, 6.45) is 3.55. The van der Waals surface area contributed by atoms with Gasteiger partial charge in [0.1, 0.15) is 5.75 Å². The van der Waals surface area contributed by atoms with E-state index in [2.05, 4.69) is 57.6 Å². The summed E-state index contributed by atoms with van der Waals surface area (Å²) in [7, 11) is 1.72. The molecule has 2 aromatic carbocycles. The van der Waals surface area contributed by atoms with Crippen LogP contribution in [0.2, 0.25) is 0 Å². The van der Waals surface area contributed by atoms with Gasteiger partial charge in [0.2, 0.25) is 0 Å². The fourth-order valence-corrected chi connectivity index (χ4v) is 3.23. The molecule has 2 aromatic rings. The highest BCUT2D eigenvalue weighted by Gasteiger charge is 2.20. The minimum absolute atomic E-state index is 0.364. The van der Waals surface area contributed by atoms with Gasteiger partial charge in [-0.05, 0) is 60.7 Å². The van der Waals surface area contributed by atoms with E-state index in [0.29, 0.717) is 6.04 Å². The molecular formula is C17H18BrNO. The van der Waals surface area contributed by atoms with E-state index in [1.54, 1.807) is 7.11 Å². The zero-order valence-electron chi connectivity index (χ0n) is 11.5. The van der Waals surface area contributed by atoms with Crippen LogP contribution in [-0.4, -0.2) is 7.11 Å². The first-order valence-electron chi connectivity index (χ1n) is 6.95. The number of hydrogen-bond donors (Lipinski definition) is 1. The van der Waals surface area contributed by atoms with Crippen molar-refractivity contribution < 1.29 is 4.74 Å². The SMILES string of the molecule is COc1ccc2c(c1)C(Nc1cccc(Br)c1)CCC2. The molecule has 0 saturated carbocycles. The summed E-state index contributed by atoms with van der Waals surface area (Å²) >= 11 is 3.52. The second-order valence-electron chi connectivity index (χ2n) is 5.16. The van der Waals surface area contributed by atoms with E-state index in [9.17, 15) is 0 Å². The molecule has 104 valence electrons. The highest BCUT2D eigenvalue weighted by molar-refractivity contribution is 9.10. The number of hydrogen-bond acceptors (Lipinski definition) is 2. The van der Waals surface area contributed by atoms with E-state index in [0.717, 1.165) is 28.8 Å². The lowest BCUT2D eigenvalue weighted by Crippen LogP contribution is -2.17. The molecule has 0 aromatic heterocycles. The standard InChI is InChI=1S/C17H18BrNO/c1-20-15-9-8-12-4-2-7-17(16(12)11-15)19-14-6-3-5-13(18)10-14/h3,5-6,8-11,17,19H,2,4,7H2,1H3. The highest BCUT2D eigenvalue weighted by Crippen LogP contribution is 2.35. The molecule has 0 saturated heterocycles. The van der Waals surface area contributed by atoms with Crippen molar-refractivity contribution in [3.8, 4) is 5.75 Å². The van der Waals surface area contributed by atoms with Crippen LogP contribution in [0.3, 0.4) is 0 Å². The molecule has 20 heavy (non-hydrogen) atoms. The molecule has 1 aliphatic rings. The van der Waals surface area contributed by atoms with Crippen molar-refractivity contribution >= 4 is 21.6 Å². The molecule has 2 nitrogen and oxygen atoms in total. The summed E-state index contributed by atoms with van der Waals surface area (Å²) in [6, 6.07) is 15.1. The predicted octanol–water partition coefficient (Wildman–Crippen LogP) is 4.95. The Hall–Kier alpha value is -1.48. The third-order valence-electron chi connectivity index (χ3n) is 3.83. The number of ether oxygens (including phenoxy) is 1. The zero-order chi connectivity index (χ0) is 13.9. The van der Waals surface area contributed by atoms with Crippen molar-refractivity contribution in [1.29, 1.82) is 0 Å². The number of halogens is 1. The third-order valence-corrected chi connectivity index (χ3v) is 4.33. The lowest BCUT2D eigenvalue weighted by molar-refractivity contribution is 0.413. The van der Waals surface area contributed by atoms with E-state index in [1.165, 1.54) is 17.5 Å². The molecule has 0 fully saturated rings. The van der Waals surface area contributed by atoms with Crippen LogP contribution in [0.25, 0.3) is 0 Å². The Morgan fingerprint density at radius 1 is 1.20 bits per heavy atom. The van der Waals surface area contributed by atoms with Crippen LogP contribution in [0.1, 0.15) is 30.0 Å². The van der Waals surface area contributed by atoms with Crippen LogP contribution < -0.4 is 10.1 Å². The summed E-state index contributed by atoms with van der Waals surface area (Å²) in [5.41, 5.74) is 3.96. The van der Waals surface area contributed by atoms with Crippen molar-refractivity contribution in [2.75, 3.05) is 12.4 Å². The molecule has 1 unspecified atom stereocenters. The first-order chi connectivity index (χ1) is 9.76. The number of aryl methyl sites for hydroxylation is 1. The Morgan fingerprint density at radius 2 is 2.10 bits per heavy atom. The first-order valence-corrected chi connectivity index (χ1v) is 7.74. The van der Waals surface area contributed by atoms with Crippen molar-refractivity contribution in [2.45, 2.75) is 25.3 Å². The number of nitrogens with one attached hydrogen (secondary N) is 1. The average molecular weight is 332 g/mol. The molecule has 3 heteroatoms. The third kappa shape index (κ3) is 2.83. The van der Waals surface area contributed by atoms with Crippen LogP contribution in [0.4, 0.5) is 5.69 Å². The van der Waals surface area contributed by atoms with Crippen molar-refractivity contribution in [3.63, 3.8) is 0 Å². The smallest absolute Gasteiger partial charge is 0.119 e. The monoisotopic (exact) mass is 331 g/mol. The maximum Gasteiger partial charge on any atom is 0.119 e. The summed E-state index contributed by atoms with van der Waals surface area (Å²) in [5.74, 6) is 0.937. The van der Waals surface area contributed by atoms with Crippen LogP contribution in [-0.2, 0) is 6.42 Å². The number of rotatable bonds is 3. The van der Waals surface area contributed by atoms with Gasteiger partial charge in [-0.15, -0.1) is 0 Å². The molecular weight excluding hydrogens is 314 g/mol. The van der Waals surface area contributed by atoms with Crippen molar-refractivity contribution in [3.05, 3.63) is 58.1 Å². The van der Waals surface area contributed by atoms with Crippen molar-refractivity contribution in [2.24, 2.45) is 0 Å². The minimum Gasteiger partial charge on any atom is -0.497 e. The lowest BCUT2D eigenvalue weighted by Gasteiger charge is -2.27. The van der Waals surface area contributed by atoms with E-state index in [1.807, 2.05) is 6.07 Å². The molecule has 0 spiro atoms. The molecule has 3 rings (SSSR count). The van der Waals surface area contributed by atoms with E-state index >= 15 is 0 Å². The van der Waals surface area contributed by atoms with Gasteiger partial charge in [-0.2, -0.15) is 0 Å². The number of benzene rings is 2. The maximum atomic E-state index is 5.36. The Labute approximate surface area is 128 Å². The molecule has 1 atom stereocenters. The van der Waals surface area contributed by atoms with Crippen LogP contribution in [0.5, 0.6) is 5.75 Å². The number of anilines is 1. The zero-order valence-corrected chi connectivity index (χ0v) is 13.1. The van der Waals surface area contributed by atoms with Gasteiger partial charge in [0.05, 0.1) is 13.2 Å². The normalized spacial score (nSPS) is 17.4. The topological polar surface area (TPSA) is 21.3 Å². The minimum atomic E-state index is 0.364. The van der Waals surface area contributed by atoms with Gasteiger partial charge >= 0.3 is 0 Å². The van der Waals surface area contributed by atoms with Gasteiger partial charge in [-0.3, -0.25) is 0 Å². The fourth-order valence-electron chi connectivity index (χ4n) is 2.83. The van der Waals surface area contributed by atoms with Crippen LogP contribution in [0.15, 0.2) is 46.9 Å². The average Bonchev–Trinajstić information content (AvgIpc) is 2.47. The summed E-state index contributed by atoms with van der Waals surface area (Å²) < 4.78 is 6.46. The quantitative estimate of drug-likeness (QED) is 0.859. The Morgan fingerprint density at radius 3 is 2.90 bits per heavy atom. The van der Waals surface area contributed by atoms with Gasteiger partial charge in [-0.1, -0.05) is 28.1 Å². The van der Waals surface area contributed by atoms with Crippen molar-refractivity contribution in [1.82, 2.24) is 0 Å². The molecule has 0 heterocycles. The van der Waals surface area contributed by atoms with Gasteiger partial charge < -0.3 is 10.1 Å². The fraction of sp³-hybridized carbons (Fsp3) is 0.294. The first kappa shape index (κ1) is 13.5. The van der Waals surface area contributed by atoms with E-state index < -0.39 is 0 Å². The molecule has 0 amide bonds. The molecule has 0 bridgehead atoms. The largest absolute Gasteiger partial charge is 0.497 e. The van der Waals surface area contributed by atoms with Gasteiger partial charge in [0.25, 0.3) is 0 Å². The van der Waals surface area contributed by atoms with E-state index in [4.69, 9.17) is 4.74 Å². The second-order valence-corrected chi connectivity index (χ2v) is 6.08. The van der Waals surface area contributed by atoms with Gasteiger partial charge in [-0.25, -0.2) is 0 Å². The van der Waals surface area contributed by atoms with Gasteiger partial charge in [0.15, 0.2) is 0 Å². The number of methoxy groups -OCH3 is 1. The lowest BCUT2D eigenvalue weighted by atomic mass is 9.87. The molecule has 1 aliphatic carbocycles. The van der Waals surface area contributed by atoms with Gasteiger partial charge in [0, 0.05) is 10.2 Å². The van der Waals surface area contributed by atoms with E-state index in [-0.39, 0.29) is 0 Å². The Kier molecular flexibility index (Phi) is 3.97. The summed E-state index contributed by atoms with van der Waals surface area (Å²) in [5, 5.41) is 3.64. The highest BCUT2D eigenvalue weighted by atomic mass is 79.9. The molecule has 1 N–H and O–H groups in total. The summed E-state index contributed by atoms with van der Waals surface area (Å²) in [6.45, 7) is 0. The summed E-state index contributed by atoms with van der Waals surface area (Å²) in [4.78, 5) is 0. The van der Waals surface area contributed by atoms with Crippen LogP contribution >= 0.6 is 15.9 Å². The number of fused-ring (bicyclic) bond motifs is 1. The Balaban J connectivity index is 1.89. The predicted molar refractivity (Wildman–Crippen MR) is 86.4 cm³/mol. The maximum absolute atomic E-state index is 5.36. The molecule has 0 radical (unpaired) electrons. The second kappa shape index (κ2) is 5.88. The molecule has 0 aliphatic heterocycles. The Bertz CT molecular complexity index is 612. The van der Waals surface area contributed by atoms with Crippen LogP contribution in [0, 0.1) is 0 Å².